The number of nitrogens with one attached hydrogen (secondary N) is 1. The van der Waals surface area contributed by atoms with Gasteiger partial charge in [0.15, 0.2) is 17.3 Å². The van der Waals surface area contributed by atoms with Crippen LogP contribution < -0.4 is 10.1 Å². The first-order valence-electron chi connectivity index (χ1n) is 6.41. The van der Waals surface area contributed by atoms with E-state index in [2.05, 4.69) is 21.2 Å². The Kier molecular flexibility index (Phi) is 4.82. The number of phenolic OH excluding ortho intramolecular Hbond substituents is 1. The van der Waals surface area contributed by atoms with Gasteiger partial charge in [-0.3, -0.25) is 9.59 Å². The van der Waals surface area contributed by atoms with Gasteiger partial charge in [0.1, 0.15) is 0 Å². The smallest absolute Gasteiger partial charge is 0.255 e. The van der Waals surface area contributed by atoms with E-state index < -0.39 is 0 Å². The Labute approximate surface area is 136 Å². The standard InChI is InChI=1S/C16H14BrNO4/c1-9(19)10-3-5-12(6-4-10)18-16(21)11-7-13(17)15(20)14(8-11)22-2/h3-8,20H,1-2H3,(H,18,21). The van der Waals surface area contributed by atoms with Crippen molar-refractivity contribution in [3.05, 3.63) is 52.0 Å². The molecule has 2 rings (SSSR count). The average Bonchev–Trinajstić information content (AvgIpc) is 2.50. The first-order valence-corrected chi connectivity index (χ1v) is 7.20. The van der Waals surface area contributed by atoms with Crippen molar-refractivity contribution >= 4 is 33.3 Å². The number of Topliss-reactive ketones (excluding diaryl/α,β-unsaturated/α-hetero) is 1. The van der Waals surface area contributed by atoms with Crippen LogP contribution in [0.5, 0.6) is 11.5 Å². The van der Waals surface area contributed by atoms with Crippen molar-refractivity contribution in [2.24, 2.45) is 0 Å². The molecule has 0 aliphatic carbocycles. The van der Waals surface area contributed by atoms with Gasteiger partial charge < -0.3 is 15.2 Å². The van der Waals surface area contributed by atoms with E-state index in [1.54, 1.807) is 24.3 Å². The summed E-state index contributed by atoms with van der Waals surface area (Å²) >= 11 is 3.17. The van der Waals surface area contributed by atoms with Crippen LogP contribution in [-0.2, 0) is 0 Å². The summed E-state index contributed by atoms with van der Waals surface area (Å²) in [6.07, 6.45) is 0. The van der Waals surface area contributed by atoms with Crippen LogP contribution in [0.4, 0.5) is 5.69 Å². The number of carbonyl (C=O) groups excluding carboxylic acids is 2. The molecule has 5 nitrogen and oxygen atoms in total. The summed E-state index contributed by atoms with van der Waals surface area (Å²) in [5.74, 6) is -0.254. The number of hydrogen-bond donors (Lipinski definition) is 2. The average molecular weight is 364 g/mol. The Bertz CT molecular complexity index is 726. The molecule has 114 valence electrons. The fraction of sp³-hybridized carbons (Fsp3) is 0.125. The molecule has 2 aromatic carbocycles. The number of amides is 1. The summed E-state index contributed by atoms with van der Waals surface area (Å²) in [7, 11) is 1.41. The third kappa shape index (κ3) is 3.46. The monoisotopic (exact) mass is 363 g/mol. The molecule has 0 saturated heterocycles. The molecule has 0 aliphatic rings. The molecule has 0 spiro atoms. The number of rotatable bonds is 4. The molecule has 2 N–H and O–H groups in total. The molecule has 0 radical (unpaired) electrons. The summed E-state index contributed by atoms with van der Waals surface area (Å²) in [6.45, 7) is 1.48. The lowest BCUT2D eigenvalue weighted by molar-refractivity contribution is 0.101. The van der Waals surface area contributed by atoms with E-state index in [-0.39, 0.29) is 23.2 Å². The van der Waals surface area contributed by atoms with Crippen LogP contribution in [0.3, 0.4) is 0 Å². The molecule has 0 aromatic heterocycles. The van der Waals surface area contributed by atoms with Crippen molar-refractivity contribution in [2.45, 2.75) is 6.92 Å². The maximum absolute atomic E-state index is 12.2. The number of hydrogen-bond acceptors (Lipinski definition) is 4. The molecular formula is C16H14BrNO4. The number of anilines is 1. The molecule has 6 heteroatoms. The van der Waals surface area contributed by atoms with Crippen LogP contribution in [0.2, 0.25) is 0 Å². The number of aromatic hydroxyl groups is 1. The second-order valence-corrected chi connectivity index (χ2v) is 5.45. The summed E-state index contributed by atoms with van der Waals surface area (Å²) < 4.78 is 5.38. The van der Waals surface area contributed by atoms with E-state index in [4.69, 9.17) is 4.74 Å². The largest absolute Gasteiger partial charge is 0.503 e. The predicted octanol–water partition coefficient (Wildman–Crippen LogP) is 3.62. The molecule has 2 aromatic rings. The van der Waals surface area contributed by atoms with Gasteiger partial charge in [-0.1, -0.05) is 0 Å². The van der Waals surface area contributed by atoms with E-state index in [9.17, 15) is 14.7 Å². The minimum Gasteiger partial charge on any atom is -0.503 e. The molecule has 0 bridgehead atoms. The SMILES string of the molecule is COc1cc(C(=O)Nc2ccc(C(C)=O)cc2)cc(Br)c1O. The van der Waals surface area contributed by atoms with Crippen LogP contribution in [0.15, 0.2) is 40.9 Å². The van der Waals surface area contributed by atoms with Crippen LogP contribution in [0.25, 0.3) is 0 Å². The lowest BCUT2D eigenvalue weighted by Crippen LogP contribution is -2.12. The van der Waals surface area contributed by atoms with Gasteiger partial charge in [0.2, 0.25) is 0 Å². The Morgan fingerprint density at radius 1 is 1.14 bits per heavy atom. The number of ether oxygens (including phenoxy) is 1. The number of phenols is 1. The quantitative estimate of drug-likeness (QED) is 0.813. The van der Waals surface area contributed by atoms with Gasteiger partial charge in [-0.15, -0.1) is 0 Å². The molecule has 0 aliphatic heterocycles. The Hall–Kier alpha value is -2.34. The fourth-order valence-corrected chi connectivity index (χ4v) is 2.29. The Balaban J connectivity index is 2.22. The Morgan fingerprint density at radius 3 is 2.32 bits per heavy atom. The highest BCUT2D eigenvalue weighted by molar-refractivity contribution is 9.10. The van der Waals surface area contributed by atoms with Gasteiger partial charge in [0, 0.05) is 16.8 Å². The highest BCUT2D eigenvalue weighted by atomic mass is 79.9. The van der Waals surface area contributed by atoms with Gasteiger partial charge in [0.05, 0.1) is 11.6 Å². The molecule has 0 saturated carbocycles. The zero-order valence-electron chi connectivity index (χ0n) is 12.0. The molecule has 1 amide bonds. The predicted molar refractivity (Wildman–Crippen MR) is 86.8 cm³/mol. The number of carbonyl (C=O) groups is 2. The normalized spacial score (nSPS) is 10.1. The molecular weight excluding hydrogens is 350 g/mol. The minimum atomic E-state index is -0.352. The van der Waals surface area contributed by atoms with Crippen LogP contribution in [0.1, 0.15) is 27.6 Å². The van der Waals surface area contributed by atoms with Crippen molar-refractivity contribution in [2.75, 3.05) is 12.4 Å². The van der Waals surface area contributed by atoms with Crippen LogP contribution in [0, 0.1) is 0 Å². The van der Waals surface area contributed by atoms with Gasteiger partial charge in [-0.05, 0) is 59.3 Å². The number of halogens is 1. The first-order chi connectivity index (χ1) is 10.4. The van der Waals surface area contributed by atoms with Crippen molar-refractivity contribution in [3.63, 3.8) is 0 Å². The zero-order valence-corrected chi connectivity index (χ0v) is 13.6. The molecule has 0 fully saturated rings. The summed E-state index contributed by atoms with van der Waals surface area (Å²) in [5, 5.41) is 12.5. The molecule has 0 atom stereocenters. The van der Waals surface area contributed by atoms with Crippen molar-refractivity contribution in [3.8, 4) is 11.5 Å². The van der Waals surface area contributed by atoms with E-state index >= 15 is 0 Å². The lowest BCUT2D eigenvalue weighted by Gasteiger charge is -2.10. The second kappa shape index (κ2) is 6.62. The summed E-state index contributed by atoms with van der Waals surface area (Å²) in [6, 6.07) is 9.54. The highest BCUT2D eigenvalue weighted by Crippen LogP contribution is 2.35. The molecule has 0 unspecified atom stereocenters. The number of methoxy groups -OCH3 is 1. The van der Waals surface area contributed by atoms with E-state index in [0.717, 1.165) is 0 Å². The highest BCUT2D eigenvalue weighted by Gasteiger charge is 2.14. The summed E-state index contributed by atoms with van der Waals surface area (Å²) in [4.78, 5) is 23.4. The molecule has 0 heterocycles. The zero-order chi connectivity index (χ0) is 16.3. The van der Waals surface area contributed by atoms with Crippen LogP contribution >= 0.6 is 15.9 Å². The van der Waals surface area contributed by atoms with Gasteiger partial charge in [0.25, 0.3) is 5.91 Å². The van der Waals surface area contributed by atoms with Crippen LogP contribution in [-0.4, -0.2) is 23.9 Å². The summed E-state index contributed by atoms with van der Waals surface area (Å²) in [5.41, 5.74) is 1.47. The third-order valence-corrected chi connectivity index (χ3v) is 3.66. The van der Waals surface area contributed by atoms with Crippen molar-refractivity contribution in [1.29, 1.82) is 0 Å². The maximum atomic E-state index is 12.2. The number of ketones is 1. The number of benzene rings is 2. The lowest BCUT2D eigenvalue weighted by atomic mass is 10.1. The van der Waals surface area contributed by atoms with E-state index in [1.807, 2.05) is 0 Å². The Morgan fingerprint density at radius 2 is 1.77 bits per heavy atom. The van der Waals surface area contributed by atoms with Crippen molar-refractivity contribution < 1.29 is 19.4 Å². The minimum absolute atomic E-state index is 0.0370. The van der Waals surface area contributed by atoms with E-state index in [0.29, 0.717) is 21.3 Å². The third-order valence-electron chi connectivity index (χ3n) is 3.06. The van der Waals surface area contributed by atoms with Crippen molar-refractivity contribution in [1.82, 2.24) is 0 Å². The topological polar surface area (TPSA) is 75.6 Å². The fourth-order valence-electron chi connectivity index (χ4n) is 1.85. The first kappa shape index (κ1) is 16.0. The van der Waals surface area contributed by atoms with Gasteiger partial charge in [-0.2, -0.15) is 0 Å². The molecule has 22 heavy (non-hydrogen) atoms. The van der Waals surface area contributed by atoms with E-state index in [1.165, 1.54) is 26.2 Å². The maximum Gasteiger partial charge on any atom is 0.255 e. The van der Waals surface area contributed by atoms with Gasteiger partial charge >= 0.3 is 0 Å². The second-order valence-electron chi connectivity index (χ2n) is 4.60. The van der Waals surface area contributed by atoms with Gasteiger partial charge in [-0.25, -0.2) is 0 Å².